The summed E-state index contributed by atoms with van der Waals surface area (Å²) < 4.78 is 11.0. The molecule has 0 unspecified atom stereocenters. The smallest absolute Gasteiger partial charge is 0.124 e. The van der Waals surface area contributed by atoms with Gasteiger partial charge >= 0.3 is 0 Å². The van der Waals surface area contributed by atoms with E-state index in [-0.39, 0.29) is 12.0 Å². The molecule has 122 valence electrons. The number of aliphatic hydroxyl groups is 1. The van der Waals surface area contributed by atoms with Gasteiger partial charge < -0.3 is 14.6 Å². The summed E-state index contributed by atoms with van der Waals surface area (Å²) in [6, 6.07) is 6.18. The van der Waals surface area contributed by atoms with Crippen molar-refractivity contribution in [3.05, 3.63) is 28.8 Å². The number of aliphatic hydroxyl groups excluding tert-OH is 1. The number of halogens is 1. The van der Waals surface area contributed by atoms with Crippen LogP contribution < -0.4 is 4.74 Å². The molecule has 0 aromatic heterocycles. The van der Waals surface area contributed by atoms with Gasteiger partial charge in [-0.2, -0.15) is 0 Å². The maximum Gasteiger partial charge on any atom is 0.124 e. The molecule has 0 saturated carbocycles. The van der Waals surface area contributed by atoms with Gasteiger partial charge in [-0.15, -0.1) is 0 Å². The fourth-order valence-corrected chi connectivity index (χ4v) is 3.88. The van der Waals surface area contributed by atoms with E-state index in [9.17, 15) is 5.11 Å². The highest BCUT2D eigenvalue weighted by atomic mass is 35.5. The van der Waals surface area contributed by atoms with Crippen molar-refractivity contribution in [2.24, 2.45) is 5.92 Å². The van der Waals surface area contributed by atoms with Gasteiger partial charge in [-0.1, -0.05) is 17.7 Å². The molecule has 2 saturated heterocycles. The molecule has 2 heterocycles. The maximum atomic E-state index is 10.3. The fraction of sp³-hybridized carbons (Fsp3) is 0.647. The van der Waals surface area contributed by atoms with Crippen molar-refractivity contribution in [3.8, 4) is 5.75 Å². The second-order valence-electron chi connectivity index (χ2n) is 6.23. The quantitative estimate of drug-likeness (QED) is 0.924. The Morgan fingerprint density at radius 2 is 2.27 bits per heavy atom. The summed E-state index contributed by atoms with van der Waals surface area (Å²) in [6.45, 7) is 3.23. The third kappa shape index (κ3) is 3.40. The number of hydrogen-bond acceptors (Lipinski definition) is 4. The summed E-state index contributed by atoms with van der Waals surface area (Å²) in [5.41, 5.74) is 1.14. The Bertz CT molecular complexity index is 511. The van der Waals surface area contributed by atoms with E-state index in [1.54, 1.807) is 7.11 Å². The zero-order valence-corrected chi connectivity index (χ0v) is 13.8. The van der Waals surface area contributed by atoms with Gasteiger partial charge in [-0.3, -0.25) is 4.90 Å². The molecule has 4 nitrogen and oxygen atoms in total. The van der Waals surface area contributed by atoms with E-state index in [2.05, 4.69) is 4.90 Å². The molecule has 0 spiro atoms. The molecule has 1 N–H and O–H groups in total. The summed E-state index contributed by atoms with van der Waals surface area (Å²) >= 11 is 6.04. The molecule has 1 aromatic carbocycles. The van der Waals surface area contributed by atoms with Crippen molar-refractivity contribution in [3.63, 3.8) is 0 Å². The van der Waals surface area contributed by atoms with E-state index >= 15 is 0 Å². The van der Waals surface area contributed by atoms with Gasteiger partial charge in [-0.25, -0.2) is 0 Å². The van der Waals surface area contributed by atoms with Crippen molar-refractivity contribution in [2.75, 3.05) is 26.9 Å². The Balaban J connectivity index is 1.73. The van der Waals surface area contributed by atoms with E-state index in [0.717, 1.165) is 37.2 Å². The standard InChI is InChI=1S/C17H24ClNO3/c1-21-17-9-13(18)5-4-12(17)10-19-7-2-3-15(19)14-11-22-8-6-16(14)20/h4-5,9,14-16,20H,2-3,6-8,10-11H2,1H3/t14-,15-,16-/m1/s1. The van der Waals surface area contributed by atoms with Gasteiger partial charge in [0.1, 0.15) is 5.75 Å². The van der Waals surface area contributed by atoms with Crippen LogP contribution in [0.2, 0.25) is 5.02 Å². The predicted octanol–water partition coefficient (Wildman–Crippen LogP) is 2.71. The monoisotopic (exact) mass is 325 g/mol. The average molecular weight is 326 g/mol. The predicted molar refractivity (Wildman–Crippen MR) is 86.4 cm³/mol. The van der Waals surface area contributed by atoms with Crippen LogP contribution in [0.4, 0.5) is 0 Å². The van der Waals surface area contributed by atoms with Crippen molar-refractivity contribution >= 4 is 11.6 Å². The number of nitrogens with zero attached hydrogens (tertiary/aromatic N) is 1. The van der Waals surface area contributed by atoms with Gasteiger partial charge in [0, 0.05) is 35.7 Å². The summed E-state index contributed by atoms with van der Waals surface area (Å²) in [5, 5.41) is 11.0. The van der Waals surface area contributed by atoms with E-state index in [1.807, 2.05) is 18.2 Å². The van der Waals surface area contributed by atoms with E-state index in [0.29, 0.717) is 24.3 Å². The Hall–Kier alpha value is -0.810. The average Bonchev–Trinajstić information content (AvgIpc) is 2.97. The number of ether oxygens (including phenoxy) is 2. The molecule has 0 amide bonds. The molecular formula is C17H24ClNO3. The van der Waals surface area contributed by atoms with E-state index < -0.39 is 0 Å². The topological polar surface area (TPSA) is 41.9 Å². The lowest BCUT2D eigenvalue weighted by Gasteiger charge is -2.37. The molecule has 2 aliphatic heterocycles. The number of rotatable bonds is 4. The van der Waals surface area contributed by atoms with Crippen LogP contribution in [0.5, 0.6) is 5.75 Å². The highest BCUT2D eigenvalue weighted by molar-refractivity contribution is 6.30. The SMILES string of the molecule is COc1cc(Cl)ccc1CN1CCC[C@@H]1[C@H]1COCC[C@H]1O. The first kappa shape index (κ1) is 16.1. The second-order valence-corrected chi connectivity index (χ2v) is 6.67. The van der Waals surface area contributed by atoms with Crippen LogP contribution in [0.15, 0.2) is 18.2 Å². The lowest BCUT2D eigenvalue weighted by atomic mass is 9.89. The molecule has 3 rings (SSSR count). The highest BCUT2D eigenvalue weighted by Gasteiger charge is 2.37. The van der Waals surface area contributed by atoms with Gasteiger partial charge in [-0.05, 0) is 37.9 Å². The molecule has 22 heavy (non-hydrogen) atoms. The molecular weight excluding hydrogens is 302 g/mol. The van der Waals surface area contributed by atoms with Gasteiger partial charge in [0.05, 0.1) is 19.8 Å². The second kappa shape index (κ2) is 7.18. The van der Waals surface area contributed by atoms with Crippen LogP contribution >= 0.6 is 11.6 Å². The van der Waals surface area contributed by atoms with Crippen molar-refractivity contribution in [2.45, 2.75) is 38.0 Å². The van der Waals surface area contributed by atoms with E-state index in [1.165, 1.54) is 6.42 Å². The van der Waals surface area contributed by atoms with Crippen molar-refractivity contribution in [1.82, 2.24) is 4.90 Å². The molecule has 2 aliphatic rings. The number of hydrogen-bond donors (Lipinski definition) is 1. The Labute approximate surface area is 137 Å². The Morgan fingerprint density at radius 1 is 1.41 bits per heavy atom. The van der Waals surface area contributed by atoms with Crippen LogP contribution in [0, 0.1) is 5.92 Å². The molecule has 0 aliphatic carbocycles. The zero-order chi connectivity index (χ0) is 15.5. The molecule has 2 fully saturated rings. The third-order valence-electron chi connectivity index (χ3n) is 4.89. The summed E-state index contributed by atoms with van der Waals surface area (Å²) in [5.74, 6) is 1.05. The summed E-state index contributed by atoms with van der Waals surface area (Å²) in [4.78, 5) is 2.45. The molecule has 0 bridgehead atoms. The molecule has 3 atom stereocenters. The van der Waals surface area contributed by atoms with Crippen LogP contribution in [0.1, 0.15) is 24.8 Å². The molecule has 1 aromatic rings. The van der Waals surface area contributed by atoms with E-state index in [4.69, 9.17) is 21.1 Å². The minimum absolute atomic E-state index is 0.217. The molecule has 0 radical (unpaired) electrons. The molecule has 5 heteroatoms. The maximum absolute atomic E-state index is 10.3. The van der Waals surface area contributed by atoms with Gasteiger partial charge in [0.25, 0.3) is 0 Å². The Kier molecular flexibility index (Phi) is 5.24. The third-order valence-corrected chi connectivity index (χ3v) is 5.13. The first-order valence-electron chi connectivity index (χ1n) is 8.01. The summed E-state index contributed by atoms with van der Waals surface area (Å²) in [7, 11) is 1.68. The number of benzene rings is 1. The van der Waals surface area contributed by atoms with Crippen LogP contribution in [-0.2, 0) is 11.3 Å². The minimum Gasteiger partial charge on any atom is -0.496 e. The summed E-state index contributed by atoms with van der Waals surface area (Å²) in [6.07, 6.45) is 2.80. The zero-order valence-electron chi connectivity index (χ0n) is 13.0. The first-order chi connectivity index (χ1) is 10.7. The first-order valence-corrected chi connectivity index (χ1v) is 8.39. The van der Waals surface area contributed by atoms with Crippen LogP contribution in [-0.4, -0.2) is 49.0 Å². The van der Waals surface area contributed by atoms with Crippen molar-refractivity contribution in [1.29, 1.82) is 0 Å². The lowest BCUT2D eigenvalue weighted by molar-refractivity contribution is -0.0636. The van der Waals surface area contributed by atoms with Crippen LogP contribution in [0.25, 0.3) is 0 Å². The highest BCUT2D eigenvalue weighted by Crippen LogP contribution is 2.33. The fourth-order valence-electron chi connectivity index (χ4n) is 3.72. The van der Waals surface area contributed by atoms with Crippen LogP contribution in [0.3, 0.4) is 0 Å². The lowest BCUT2D eigenvalue weighted by Crippen LogP contribution is -2.45. The van der Waals surface area contributed by atoms with Gasteiger partial charge in [0.15, 0.2) is 0 Å². The normalized spacial score (nSPS) is 29.7. The van der Waals surface area contributed by atoms with Crippen molar-refractivity contribution < 1.29 is 14.6 Å². The largest absolute Gasteiger partial charge is 0.496 e. The number of likely N-dealkylation sites (tertiary alicyclic amines) is 1. The van der Waals surface area contributed by atoms with Gasteiger partial charge in [0.2, 0.25) is 0 Å². The number of methoxy groups -OCH3 is 1. The minimum atomic E-state index is -0.244. The Morgan fingerprint density at radius 3 is 3.05 bits per heavy atom.